The Kier molecular flexibility index (Phi) is 7.15. The molecule has 1 aliphatic rings. The lowest BCUT2D eigenvalue weighted by Gasteiger charge is -2.34. The molecule has 4 heteroatoms. The van der Waals surface area contributed by atoms with E-state index in [2.05, 4.69) is 109 Å². The minimum Gasteiger partial charge on any atom is -0.491 e. The van der Waals surface area contributed by atoms with E-state index in [0.29, 0.717) is 0 Å². The molecule has 0 bridgehead atoms. The van der Waals surface area contributed by atoms with Gasteiger partial charge in [-0.1, -0.05) is 97.1 Å². The molecule has 0 aromatic heterocycles. The van der Waals surface area contributed by atoms with Crippen molar-refractivity contribution >= 4 is 10.8 Å². The van der Waals surface area contributed by atoms with E-state index in [-0.39, 0.29) is 26.4 Å². The highest BCUT2D eigenvalue weighted by molar-refractivity contribution is 5.91. The van der Waals surface area contributed by atoms with Crippen molar-refractivity contribution < 1.29 is 19.7 Å². The molecule has 0 amide bonds. The first kappa shape index (κ1) is 27.0. The van der Waals surface area contributed by atoms with Crippen molar-refractivity contribution in [1.82, 2.24) is 0 Å². The molecule has 0 saturated heterocycles. The van der Waals surface area contributed by atoms with Crippen LogP contribution in [0.3, 0.4) is 0 Å². The summed E-state index contributed by atoms with van der Waals surface area (Å²) in [5, 5.41) is 21.0. The number of fused-ring (bicyclic) bond motifs is 4. The highest BCUT2D eigenvalue weighted by Gasteiger charge is 2.46. The number of rotatable bonds is 9. The van der Waals surface area contributed by atoms with Crippen LogP contribution < -0.4 is 9.47 Å². The van der Waals surface area contributed by atoms with Gasteiger partial charge in [0.15, 0.2) is 0 Å². The zero-order valence-electron chi connectivity index (χ0n) is 23.7. The smallest absolute Gasteiger partial charge is 0.119 e. The summed E-state index contributed by atoms with van der Waals surface area (Å²) in [6, 6.07) is 47.1. The maximum Gasteiger partial charge on any atom is 0.119 e. The van der Waals surface area contributed by atoms with Gasteiger partial charge in [0.25, 0.3) is 0 Å². The van der Waals surface area contributed by atoms with Crippen LogP contribution in [0.4, 0.5) is 0 Å². The first-order valence-electron chi connectivity index (χ1n) is 14.6. The Morgan fingerprint density at radius 2 is 1.00 bits per heavy atom. The average molecular weight is 565 g/mol. The van der Waals surface area contributed by atoms with Gasteiger partial charge in [-0.05, 0) is 91.7 Å². The lowest BCUT2D eigenvalue weighted by molar-refractivity contribution is 0.201. The summed E-state index contributed by atoms with van der Waals surface area (Å²) in [4.78, 5) is 0. The van der Waals surface area contributed by atoms with Crippen molar-refractivity contribution in [2.24, 2.45) is 0 Å². The first-order chi connectivity index (χ1) is 21.2. The molecule has 0 atom stereocenters. The van der Waals surface area contributed by atoms with Gasteiger partial charge in [-0.3, -0.25) is 0 Å². The lowest BCUT2D eigenvalue weighted by Crippen LogP contribution is -2.28. The van der Waals surface area contributed by atoms with E-state index in [1.807, 2.05) is 24.3 Å². The predicted octanol–water partition coefficient (Wildman–Crippen LogP) is 7.61. The second kappa shape index (κ2) is 11.4. The van der Waals surface area contributed by atoms with Crippen molar-refractivity contribution in [3.63, 3.8) is 0 Å². The minimum absolute atomic E-state index is 0.0330. The molecule has 0 heterocycles. The van der Waals surface area contributed by atoms with Crippen molar-refractivity contribution in [3.05, 3.63) is 156 Å². The molecule has 0 aliphatic heterocycles. The van der Waals surface area contributed by atoms with E-state index < -0.39 is 5.41 Å². The van der Waals surface area contributed by atoms with Gasteiger partial charge in [-0.2, -0.15) is 0 Å². The molecule has 7 rings (SSSR count). The van der Waals surface area contributed by atoms with Gasteiger partial charge < -0.3 is 19.7 Å². The summed E-state index contributed by atoms with van der Waals surface area (Å²) in [5.74, 6) is 1.44. The van der Waals surface area contributed by atoms with E-state index in [9.17, 15) is 10.2 Å². The third-order valence-electron chi connectivity index (χ3n) is 8.42. The first-order valence-corrected chi connectivity index (χ1v) is 14.6. The highest BCUT2D eigenvalue weighted by Crippen LogP contribution is 2.57. The Morgan fingerprint density at radius 1 is 0.465 bits per heavy atom. The van der Waals surface area contributed by atoms with Crippen molar-refractivity contribution in [2.75, 3.05) is 26.4 Å². The number of hydrogen-bond acceptors (Lipinski definition) is 4. The average Bonchev–Trinajstić information content (AvgIpc) is 3.37. The zero-order valence-corrected chi connectivity index (χ0v) is 23.7. The minimum atomic E-state index is -0.593. The van der Waals surface area contributed by atoms with Crippen LogP contribution in [-0.2, 0) is 5.41 Å². The topological polar surface area (TPSA) is 58.9 Å². The fraction of sp³-hybridized carbons (Fsp3) is 0.128. The van der Waals surface area contributed by atoms with Crippen LogP contribution in [0, 0.1) is 0 Å². The number of hydrogen-bond donors (Lipinski definition) is 2. The van der Waals surface area contributed by atoms with E-state index >= 15 is 0 Å². The Balaban J connectivity index is 1.46. The van der Waals surface area contributed by atoms with Crippen molar-refractivity contribution in [1.29, 1.82) is 0 Å². The molecule has 212 valence electrons. The molecule has 43 heavy (non-hydrogen) atoms. The Labute approximate surface area is 251 Å². The Hall–Kier alpha value is -4.90. The monoisotopic (exact) mass is 564 g/mol. The largest absolute Gasteiger partial charge is 0.491 e. The molecule has 0 radical (unpaired) electrons. The van der Waals surface area contributed by atoms with Gasteiger partial charge >= 0.3 is 0 Å². The van der Waals surface area contributed by atoms with Crippen LogP contribution in [0.15, 0.2) is 133 Å². The van der Waals surface area contributed by atoms with Gasteiger partial charge in [-0.25, -0.2) is 0 Å². The maximum atomic E-state index is 9.27. The second-order valence-electron chi connectivity index (χ2n) is 10.8. The fourth-order valence-corrected chi connectivity index (χ4v) is 6.55. The molecule has 0 fully saturated rings. The van der Waals surface area contributed by atoms with Gasteiger partial charge in [0.2, 0.25) is 0 Å². The quantitative estimate of drug-likeness (QED) is 0.189. The Bertz CT molecular complexity index is 1840. The van der Waals surface area contributed by atoms with E-state index in [0.717, 1.165) is 28.2 Å². The lowest BCUT2D eigenvalue weighted by atomic mass is 9.67. The van der Waals surface area contributed by atoms with Crippen LogP contribution in [0.5, 0.6) is 11.5 Å². The third-order valence-corrected chi connectivity index (χ3v) is 8.42. The van der Waals surface area contributed by atoms with Crippen LogP contribution in [0.25, 0.3) is 33.0 Å². The molecular formula is C39H32O4. The second-order valence-corrected chi connectivity index (χ2v) is 10.8. The van der Waals surface area contributed by atoms with Crippen LogP contribution in [0.2, 0.25) is 0 Å². The molecule has 6 aromatic carbocycles. The van der Waals surface area contributed by atoms with Gasteiger partial charge in [-0.15, -0.1) is 0 Å². The van der Waals surface area contributed by atoms with Gasteiger partial charge in [0, 0.05) is 0 Å². The van der Waals surface area contributed by atoms with Crippen LogP contribution >= 0.6 is 0 Å². The molecular weight excluding hydrogens is 532 g/mol. The van der Waals surface area contributed by atoms with Crippen molar-refractivity contribution in [3.8, 4) is 33.8 Å². The van der Waals surface area contributed by atoms with E-state index in [4.69, 9.17) is 9.47 Å². The summed E-state index contributed by atoms with van der Waals surface area (Å²) < 4.78 is 11.5. The number of aliphatic hydroxyl groups excluding tert-OH is 2. The van der Waals surface area contributed by atoms with Gasteiger partial charge in [0.05, 0.1) is 18.6 Å². The number of ether oxygens (including phenoxy) is 2. The number of aliphatic hydroxyl groups is 2. The number of benzene rings is 6. The Morgan fingerprint density at radius 3 is 1.65 bits per heavy atom. The van der Waals surface area contributed by atoms with Gasteiger partial charge in [0.1, 0.15) is 24.7 Å². The normalized spacial score (nSPS) is 13.0. The highest BCUT2D eigenvalue weighted by atomic mass is 16.5. The predicted molar refractivity (Wildman–Crippen MR) is 172 cm³/mol. The van der Waals surface area contributed by atoms with Crippen LogP contribution in [-0.4, -0.2) is 36.6 Å². The summed E-state index contributed by atoms with van der Waals surface area (Å²) in [5.41, 5.74) is 8.83. The molecule has 2 N–H and O–H groups in total. The SMILES string of the molecule is OCCOc1ccc(C2(c3ccc(OCCO)cc3)c3ccccc3-c3ccc(-c4ccc5ccccc5c4)cc32)cc1. The standard InChI is InChI=1S/C39H32O4/c40-21-23-42-33-16-12-31(13-17-33)39(32-14-18-34(19-15-32)43-24-22-41)37-8-4-3-7-35(37)36-20-11-30(26-38(36)39)29-10-9-27-5-1-2-6-28(27)25-29/h1-20,25-26,40-41H,21-24H2. The molecule has 1 aliphatic carbocycles. The maximum absolute atomic E-state index is 9.27. The molecule has 6 aromatic rings. The van der Waals surface area contributed by atoms with E-state index in [1.54, 1.807) is 0 Å². The third kappa shape index (κ3) is 4.65. The summed E-state index contributed by atoms with van der Waals surface area (Å²) >= 11 is 0. The fourth-order valence-electron chi connectivity index (χ4n) is 6.55. The summed E-state index contributed by atoms with van der Waals surface area (Å²) in [6.45, 7) is 0.435. The van der Waals surface area contributed by atoms with Crippen molar-refractivity contribution in [2.45, 2.75) is 5.41 Å². The molecule has 0 saturated carbocycles. The zero-order chi connectivity index (χ0) is 29.2. The summed E-state index contributed by atoms with van der Waals surface area (Å²) in [6.07, 6.45) is 0. The molecule has 0 spiro atoms. The summed E-state index contributed by atoms with van der Waals surface area (Å²) in [7, 11) is 0. The van der Waals surface area contributed by atoms with E-state index in [1.165, 1.54) is 38.6 Å². The molecule has 0 unspecified atom stereocenters. The molecule has 4 nitrogen and oxygen atoms in total. The van der Waals surface area contributed by atoms with Crippen LogP contribution in [0.1, 0.15) is 22.3 Å².